The monoisotopic (exact) mass is 303 g/mol. The van der Waals surface area contributed by atoms with Crippen molar-refractivity contribution < 1.29 is 9.53 Å². The van der Waals surface area contributed by atoms with Crippen LogP contribution in [0.1, 0.15) is 23.1 Å². The van der Waals surface area contributed by atoms with E-state index in [2.05, 4.69) is 35.5 Å². The Morgan fingerprint density at radius 3 is 3.00 bits per heavy atom. The SMILES string of the molecule is CN1Cc2ccc(CN(C)C(=O)C[C@H]3CNCCO3)cc2C1. The Hall–Kier alpha value is -1.43. The van der Waals surface area contributed by atoms with Crippen LogP contribution in [0.4, 0.5) is 0 Å². The van der Waals surface area contributed by atoms with E-state index >= 15 is 0 Å². The van der Waals surface area contributed by atoms with Crippen molar-refractivity contribution in [3.8, 4) is 0 Å². The standard InChI is InChI=1S/C17H25N3O2/c1-19-11-14-4-3-13(7-15(14)12-19)10-20(2)17(21)8-16-9-18-5-6-22-16/h3-4,7,16,18H,5-6,8-12H2,1-2H3/t16-/m0/s1. The second-order valence-corrected chi connectivity index (χ2v) is 6.43. The molecule has 0 radical (unpaired) electrons. The smallest absolute Gasteiger partial charge is 0.225 e. The fourth-order valence-corrected chi connectivity index (χ4v) is 3.18. The molecule has 0 aromatic heterocycles. The van der Waals surface area contributed by atoms with E-state index < -0.39 is 0 Å². The molecule has 1 aromatic carbocycles. The molecular formula is C17H25N3O2. The van der Waals surface area contributed by atoms with Gasteiger partial charge in [0.1, 0.15) is 0 Å². The van der Waals surface area contributed by atoms with Crippen LogP contribution in [0, 0.1) is 0 Å². The summed E-state index contributed by atoms with van der Waals surface area (Å²) >= 11 is 0. The molecule has 1 fully saturated rings. The summed E-state index contributed by atoms with van der Waals surface area (Å²) in [6, 6.07) is 6.57. The van der Waals surface area contributed by atoms with Gasteiger partial charge in [-0.3, -0.25) is 9.69 Å². The lowest BCUT2D eigenvalue weighted by Crippen LogP contribution is -2.41. The quantitative estimate of drug-likeness (QED) is 0.900. The van der Waals surface area contributed by atoms with Gasteiger partial charge in [-0.25, -0.2) is 0 Å². The Morgan fingerprint density at radius 2 is 2.23 bits per heavy atom. The minimum atomic E-state index is 0.0115. The second-order valence-electron chi connectivity index (χ2n) is 6.43. The van der Waals surface area contributed by atoms with Gasteiger partial charge in [-0.15, -0.1) is 0 Å². The van der Waals surface area contributed by atoms with Crippen molar-refractivity contribution in [3.05, 3.63) is 34.9 Å². The average Bonchev–Trinajstić information content (AvgIpc) is 2.87. The molecule has 2 heterocycles. The fraction of sp³-hybridized carbons (Fsp3) is 0.588. The minimum Gasteiger partial charge on any atom is -0.375 e. The molecule has 1 aromatic rings. The first-order valence-corrected chi connectivity index (χ1v) is 7.97. The van der Waals surface area contributed by atoms with E-state index in [0.717, 1.165) is 26.2 Å². The Kier molecular flexibility index (Phi) is 4.76. The Bertz CT molecular complexity index is 541. The van der Waals surface area contributed by atoms with E-state index in [-0.39, 0.29) is 12.0 Å². The molecule has 0 unspecified atom stereocenters. The summed E-state index contributed by atoms with van der Waals surface area (Å²) in [5.41, 5.74) is 4.00. The molecule has 5 nitrogen and oxygen atoms in total. The molecule has 22 heavy (non-hydrogen) atoms. The molecule has 1 N–H and O–H groups in total. The van der Waals surface area contributed by atoms with E-state index in [1.807, 2.05) is 7.05 Å². The van der Waals surface area contributed by atoms with Crippen molar-refractivity contribution >= 4 is 5.91 Å². The third-order valence-corrected chi connectivity index (χ3v) is 4.40. The predicted molar refractivity (Wildman–Crippen MR) is 85.3 cm³/mol. The van der Waals surface area contributed by atoms with Crippen molar-refractivity contribution in [1.82, 2.24) is 15.1 Å². The zero-order valence-electron chi connectivity index (χ0n) is 13.5. The summed E-state index contributed by atoms with van der Waals surface area (Å²) in [5.74, 6) is 0.145. The highest BCUT2D eigenvalue weighted by molar-refractivity contribution is 5.76. The predicted octanol–water partition coefficient (Wildman–Crippen LogP) is 0.969. The highest BCUT2D eigenvalue weighted by Crippen LogP contribution is 2.23. The van der Waals surface area contributed by atoms with Gasteiger partial charge in [-0.1, -0.05) is 18.2 Å². The first-order valence-electron chi connectivity index (χ1n) is 7.97. The molecule has 1 atom stereocenters. The number of morpholine rings is 1. The van der Waals surface area contributed by atoms with Crippen LogP contribution in [0.25, 0.3) is 0 Å². The Labute approximate surface area is 132 Å². The summed E-state index contributed by atoms with van der Waals surface area (Å²) < 4.78 is 5.61. The van der Waals surface area contributed by atoms with Crippen LogP contribution in [0.15, 0.2) is 18.2 Å². The first-order chi connectivity index (χ1) is 10.6. The molecule has 0 saturated carbocycles. The van der Waals surface area contributed by atoms with E-state index in [1.54, 1.807) is 4.90 Å². The zero-order chi connectivity index (χ0) is 15.5. The van der Waals surface area contributed by atoms with Crippen LogP contribution in [-0.2, 0) is 29.2 Å². The number of nitrogens with zero attached hydrogens (tertiary/aromatic N) is 2. The van der Waals surface area contributed by atoms with Crippen molar-refractivity contribution in [2.24, 2.45) is 0 Å². The maximum Gasteiger partial charge on any atom is 0.225 e. The second kappa shape index (κ2) is 6.77. The van der Waals surface area contributed by atoms with Gasteiger partial charge in [0.2, 0.25) is 5.91 Å². The molecule has 3 rings (SSSR count). The van der Waals surface area contributed by atoms with Gasteiger partial charge in [0.25, 0.3) is 0 Å². The van der Waals surface area contributed by atoms with Crippen LogP contribution in [0.2, 0.25) is 0 Å². The van der Waals surface area contributed by atoms with Gasteiger partial charge in [-0.05, 0) is 23.7 Å². The highest BCUT2D eigenvalue weighted by Gasteiger charge is 2.20. The zero-order valence-corrected chi connectivity index (χ0v) is 13.5. The topological polar surface area (TPSA) is 44.8 Å². The maximum atomic E-state index is 12.3. The highest BCUT2D eigenvalue weighted by atomic mass is 16.5. The number of carbonyl (C=O) groups is 1. The lowest BCUT2D eigenvalue weighted by Gasteiger charge is -2.25. The number of rotatable bonds is 4. The summed E-state index contributed by atoms with van der Waals surface area (Å²) in [4.78, 5) is 16.4. The molecule has 1 amide bonds. The maximum absolute atomic E-state index is 12.3. The van der Waals surface area contributed by atoms with Crippen molar-refractivity contribution in [1.29, 1.82) is 0 Å². The third kappa shape index (κ3) is 3.66. The van der Waals surface area contributed by atoms with Gasteiger partial charge in [0, 0.05) is 39.8 Å². The molecule has 2 aliphatic heterocycles. The van der Waals surface area contributed by atoms with Crippen LogP contribution in [-0.4, -0.2) is 55.6 Å². The number of hydrogen-bond acceptors (Lipinski definition) is 4. The molecule has 120 valence electrons. The molecule has 0 aliphatic carbocycles. The van der Waals surface area contributed by atoms with Gasteiger partial charge < -0.3 is 15.0 Å². The van der Waals surface area contributed by atoms with Gasteiger partial charge in [0.15, 0.2) is 0 Å². The van der Waals surface area contributed by atoms with Crippen LogP contribution >= 0.6 is 0 Å². The first kappa shape index (κ1) is 15.5. The number of ether oxygens (including phenoxy) is 1. The van der Waals surface area contributed by atoms with Crippen molar-refractivity contribution in [2.45, 2.75) is 32.2 Å². The van der Waals surface area contributed by atoms with Gasteiger partial charge in [-0.2, -0.15) is 0 Å². The summed E-state index contributed by atoms with van der Waals surface area (Å²) in [6.07, 6.45) is 0.467. The van der Waals surface area contributed by atoms with Crippen molar-refractivity contribution in [2.75, 3.05) is 33.8 Å². The number of hydrogen-bond donors (Lipinski definition) is 1. The molecule has 1 saturated heterocycles. The number of nitrogens with one attached hydrogen (secondary N) is 1. The molecule has 5 heteroatoms. The number of fused-ring (bicyclic) bond motifs is 1. The lowest BCUT2D eigenvalue weighted by atomic mass is 10.1. The van der Waals surface area contributed by atoms with Crippen LogP contribution in [0.5, 0.6) is 0 Å². The van der Waals surface area contributed by atoms with E-state index in [0.29, 0.717) is 19.6 Å². The Balaban J connectivity index is 1.56. The minimum absolute atomic E-state index is 0.0115. The molecule has 0 bridgehead atoms. The van der Waals surface area contributed by atoms with E-state index in [4.69, 9.17) is 4.74 Å². The normalized spacial score (nSPS) is 21.6. The van der Waals surface area contributed by atoms with E-state index in [1.165, 1.54) is 16.7 Å². The van der Waals surface area contributed by atoms with Gasteiger partial charge in [0.05, 0.1) is 19.1 Å². The fourth-order valence-electron chi connectivity index (χ4n) is 3.18. The number of benzene rings is 1. The molecular weight excluding hydrogens is 278 g/mol. The summed E-state index contributed by atoms with van der Waals surface area (Å²) in [7, 11) is 4.01. The van der Waals surface area contributed by atoms with Crippen molar-refractivity contribution in [3.63, 3.8) is 0 Å². The number of carbonyl (C=O) groups excluding carboxylic acids is 1. The average molecular weight is 303 g/mol. The summed E-state index contributed by atoms with van der Waals surface area (Å²) in [6.45, 7) is 5.03. The lowest BCUT2D eigenvalue weighted by molar-refractivity contribution is -0.133. The largest absolute Gasteiger partial charge is 0.375 e. The molecule has 2 aliphatic rings. The van der Waals surface area contributed by atoms with Gasteiger partial charge >= 0.3 is 0 Å². The summed E-state index contributed by atoms with van der Waals surface area (Å²) in [5, 5.41) is 3.26. The van der Waals surface area contributed by atoms with Crippen LogP contribution in [0.3, 0.4) is 0 Å². The third-order valence-electron chi connectivity index (χ3n) is 4.40. The molecule has 0 spiro atoms. The van der Waals surface area contributed by atoms with Crippen LogP contribution < -0.4 is 5.32 Å². The Morgan fingerprint density at radius 1 is 1.41 bits per heavy atom. The number of amides is 1. The van der Waals surface area contributed by atoms with E-state index in [9.17, 15) is 4.79 Å².